The SMILES string of the molecule is CNC(C)c1cc(Br)ccc1N(C)Cc1ccccc1C. The van der Waals surface area contributed by atoms with Gasteiger partial charge < -0.3 is 10.2 Å². The van der Waals surface area contributed by atoms with Crippen molar-refractivity contribution in [2.45, 2.75) is 26.4 Å². The predicted octanol–water partition coefficient (Wildman–Crippen LogP) is 4.67. The molecule has 2 rings (SSSR count). The maximum absolute atomic E-state index is 3.58. The topological polar surface area (TPSA) is 15.3 Å². The third-order valence-corrected chi connectivity index (χ3v) is 4.46. The van der Waals surface area contributed by atoms with Crippen LogP contribution in [0.2, 0.25) is 0 Å². The molecule has 21 heavy (non-hydrogen) atoms. The molecule has 0 radical (unpaired) electrons. The highest BCUT2D eigenvalue weighted by atomic mass is 79.9. The van der Waals surface area contributed by atoms with Gasteiger partial charge in [0.1, 0.15) is 0 Å². The number of nitrogens with one attached hydrogen (secondary N) is 1. The highest BCUT2D eigenvalue weighted by Crippen LogP contribution is 2.30. The van der Waals surface area contributed by atoms with Crippen molar-refractivity contribution in [2.75, 3.05) is 19.0 Å². The Morgan fingerprint density at radius 3 is 2.57 bits per heavy atom. The third kappa shape index (κ3) is 3.86. The van der Waals surface area contributed by atoms with E-state index in [1.54, 1.807) is 0 Å². The van der Waals surface area contributed by atoms with Gasteiger partial charge in [0, 0.05) is 29.8 Å². The Labute approximate surface area is 136 Å². The molecule has 1 N–H and O–H groups in total. The zero-order chi connectivity index (χ0) is 15.4. The summed E-state index contributed by atoms with van der Waals surface area (Å²) < 4.78 is 1.12. The van der Waals surface area contributed by atoms with Crippen molar-refractivity contribution in [1.82, 2.24) is 5.32 Å². The van der Waals surface area contributed by atoms with E-state index in [1.807, 2.05) is 7.05 Å². The molecule has 0 saturated heterocycles. The lowest BCUT2D eigenvalue weighted by Crippen LogP contribution is -2.22. The first kappa shape index (κ1) is 16.1. The average molecular weight is 347 g/mol. The largest absolute Gasteiger partial charge is 0.370 e. The fourth-order valence-electron chi connectivity index (χ4n) is 2.50. The summed E-state index contributed by atoms with van der Waals surface area (Å²) in [6.45, 7) is 5.27. The lowest BCUT2D eigenvalue weighted by atomic mass is 10.0. The number of nitrogens with zero attached hydrogens (tertiary/aromatic N) is 1. The van der Waals surface area contributed by atoms with Crippen LogP contribution in [0.4, 0.5) is 5.69 Å². The number of benzene rings is 2. The van der Waals surface area contributed by atoms with Gasteiger partial charge in [0.25, 0.3) is 0 Å². The van der Waals surface area contributed by atoms with Gasteiger partial charge in [0.05, 0.1) is 0 Å². The van der Waals surface area contributed by atoms with E-state index in [1.165, 1.54) is 22.4 Å². The molecule has 3 heteroatoms. The van der Waals surface area contributed by atoms with Gasteiger partial charge in [-0.05, 0) is 55.8 Å². The lowest BCUT2D eigenvalue weighted by molar-refractivity contribution is 0.649. The molecule has 0 heterocycles. The summed E-state index contributed by atoms with van der Waals surface area (Å²) in [5, 5.41) is 3.33. The van der Waals surface area contributed by atoms with E-state index < -0.39 is 0 Å². The number of hydrogen-bond donors (Lipinski definition) is 1. The fourth-order valence-corrected chi connectivity index (χ4v) is 2.88. The van der Waals surface area contributed by atoms with Gasteiger partial charge in [-0.3, -0.25) is 0 Å². The maximum atomic E-state index is 3.58. The van der Waals surface area contributed by atoms with E-state index in [-0.39, 0.29) is 0 Å². The van der Waals surface area contributed by atoms with Crippen LogP contribution in [-0.4, -0.2) is 14.1 Å². The molecule has 0 saturated carbocycles. The van der Waals surface area contributed by atoms with E-state index in [4.69, 9.17) is 0 Å². The van der Waals surface area contributed by atoms with E-state index in [2.05, 4.69) is 89.5 Å². The van der Waals surface area contributed by atoms with Gasteiger partial charge in [-0.2, -0.15) is 0 Å². The van der Waals surface area contributed by atoms with Gasteiger partial charge in [-0.1, -0.05) is 40.2 Å². The quantitative estimate of drug-likeness (QED) is 0.845. The van der Waals surface area contributed by atoms with Crippen molar-refractivity contribution in [2.24, 2.45) is 0 Å². The van der Waals surface area contributed by atoms with E-state index in [9.17, 15) is 0 Å². The molecule has 0 spiro atoms. The molecular weight excluding hydrogens is 324 g/mol. The molecule has 112 valence electrons. The standard InChI is InChI=1S/C18H23BrN2/c1-13-7-5-6-8-15(13)12-21(4)18-10-9-16(19)11-17(18)14(2)20-3/h5-11,14,20H,12H2,1-4H3. The van der Waals surface area contributed by atoms with Crippen LogP contribution in [0.5, 0.6) is 0 Å². The highest BCUT2D eigenvalue weighted by Gasteiger charge is 2.13. The molecule has 0 aliphatic carbocycles. The van der Waals surface area contributed by atoms with Crippen molar-refractivity contribution in [3.8, 4) is 0 Å². The second kappa shape index (κ2) is 7.10. The van der Waals surface area contributed by atoms with Crippen molar-refractivity contribution < 1.29 is 0 Å². The second-order valence-corrected chi connectivity index (χ2v) is 6.41. The Morgan fingerprint density at radius 2 is 1.90 bits per heavy atom. The summed E-state index contributed by atoms with van der Waals surface area (Å²) in [6.07, 6.45) is 0. The Kier molecular flexibility index (Phi) is 5.43. The summed E-state index contributed by atoms with van der Waals surface area (Å²) in [5.41, 5.74) is 5.28. The minimum Gasteiger partial charge on any atom is -0.370 e. The lowest BCUT2D eigenvalue weighted by Gasteiger charge is -2.26. The first-order chi connectivity index (χ1) is 10.0. The van der Waals surface area contributed by atoms with Crippen molar-refractivity contribution in [1.29, 1.82) is 0 Å². The van der Waals surface area contributed by atoms with Gasteiger partial charge in [-0.15, -0.1) is 0 Å². The molecule has 0 aliphatic heterocycles. The van der Waals surface area contributed by atoms with E-state index in [0.29, 0.717) is 6.04 Å². The first-order valence-electron chi connectivity index (χ1n) is 7.25. The summed E-state index contributed by atoms with van der Waals surface area (Å²) in [4.78, 5) is 2.32. The van der Waals surface area contributed by atoms with Gasteiger partial charge in [-0.25, -0.2) is 0 Å². The second-order valence-electron chi connectivity index (χ2n) is 5.50. The summed E-state index contributed by atoms with van der Waals surface area (Å²) in [7, 11) is 4.15. The van der Waals surface area contributed by atoms with E-state index >= 15 is 0 Å². The Balaban J connectivity index is 2.31. The molecule has 1 unspecified atom stereocenters. The number of anilines is 1. The molecule has 0 bridgehead atoms. The molecule has 0 amide bonds. The normalized spacial score (nSPS) is 12.2. The molecule has 1 atom stereocenters. The summed E-state index contributed by atoms with van der Waals surface area (Å²) in [5.74, 6) is 0. The number of hydrogen-bond acceptors (Lipinski definition) is 2. The fraction of sp³-hybridized carbons (Fsp3) is 0.333. The van der Waals surface area contributed by atoms with Crippen LogP contribution < -0.4 is 10.2 Å². The number of halogens is 1. The zero-order valence-corrected chi connectivity index (χ0v) is 14.7. The van der Waals surface area contributed by atoms with Crippen LogP contribution in [0.1, 0.15) is 29.7 Å². The monoisotopic (exact) mass is 346 g/mol. The van der Waals surface area contributed by atoms with Crippen LogP contribution in [0.3, 0.4) is 0 Å². The minimum atomic E-state index is 0.317. The van der Waals surface area contributed by atoms with Crippen LogP contribution >= 0.6 is 15.9 Å². The predicted molar refractivity (Wildman–Crippen MR) is 94.9 cm³/mol. The van der Waals surface area contributed by atoms with Crippen LogP contribution in [0.15, 0.2) is 46.9 Å². The van der Waals surface area contributed by atoms with Crippen LogP contribution in [-0.2, 0) is 6.54 Å². The number of rotatable bonds is 5. The summed E-state index contributed by atoms with van der Waals surface area (Å²) >= 11 is 3.58. The maximum Gasteiger partial charge on any atom is 0.0428 e. The average Bonchev–Trinajstić information content (AvgIpc) is 2.48. The molecule has 0 aromatic heterocycles. The Hall–Kier alpha value is -1.32. The number of aryl methyl sites for hydroxylation is 1. The molecular formula is C18H23BrN2. The van der Waals surface area contributed by atoms with E-state index in [0.717, 1.165) is 11.0 Å². The Bertz CT molecular complexity index is 610. The van der Waals surface area contributed by atoms with Crippen molar-refractivity contribution in [3.05, 3.63) is 63.6 Å². The van der Waals surface area contributed by atoms with Gasteiger partial charge in [0.2, 0.25) is 0 Å². The van der Waals surface area contributed by atoms with Crippen LogP contribution in [0.25, 0.3) is 0 Å². The van der Waals surface area contributed by atoms with Crippen molar-refractivity contribution in [3.63, 3.8) is 0 Å². The van der Waals surface area contributed by atoms with Gasteiger partial charge >= 0.3 is 0 Å². The molecule has 0 fully saturated rings. The summed E-state index contributed by atoms with van der Waals surface area (Å²) in [6, 6.07) is 15.4. The third-order valence-electron chi connectivity index (χ3n) is 3.97. The Morgan fingerprint density at radius 1 is 1.19 bits per heavy atom. The van der Waals surface area contributed by atoms with Crippen LogP contribution in [0, 0.1) is 6.92 Å². The molecule has 2 aromatic rings. The highest BCUT2D eigenvalue weighted by molar-refractivity contribution is 9.10. The van der Waals surface area contributed by atoms with Gasteiger partial charge in [0.15, 0.2) is 0 Å². The first-order valence-corrected chi connectivity index (χ1v) is 8.04. The van der Waals surface area contributed by atoms with Crippen molar-refractivity contribution >= 4 is 21.6 Å². The molecule has 0 aliphatic rings. The molecule has 2 nitrogen and oxygen atoms in total. The smallest absolute Gasteiger partial charge is 0.0428 e. The zero-order valence-electron chi connectivity index (χ0n) is 13.2. The minimum absolute atomic E-state index is 0.317. The molecule has 2 aromatic carbocycles.